The summed E-state index contributed by atoms with van der Waals surface area (Å²) >= 11 is 0. The first-order valence-electron chi connectivity index (χ1n) is 39.2. The molecule has 18 aromatic carbocycles. The van der Waals surface area contributed by atoms with Crippen LogP contribution in [0.3, 0.4) is 0 Å². The molecule has 0 saturated heterocycles. The lowest BCUT2D eigenvalue weighted by molar-refractivity contribution is 0.668. The van der Waals surface area contributed by atoms with Gasteiger partial charge in [-0.15, -0.1) is 0 Å². The molecule has 546 valence electrons. The van der Waals surface area contributed by atoms with Crippen LogP contribution < -0.4 is 19.6 Å². The smallest absolute Gasteiger partial charge is 0.143 e. The van der Waals surface area contributed by atoms with Crippen molar-refractivity contribution >= 4 is 156 Å². The van der Waals surface area contributed by atoms with E-state index in [0.717, 1.165) is 212 Å². The first-order chi connectivity index (χ1) is 57.5. The van der Waals surface area contributed by atoms with Gasteiger partial charge in [0, 0.05) is 122 Å². The van der Waals surface area contributed by atoms with E-state index in [4.69, 9.17) is 17.7 Å². The van der Waals surface area contributed by atoms with Gasteiger partial charge in [-0.1, -0.05) is 231 Å². The summed E-state index contributed by atoms with van der Waals surface area (Å²) < 4.78 is 25.8. The lowest BCUT2D eigenvalue weighted by Crippen LogP contribution is -2.12. The number of furan rings is 4. The maximum Gasteiger partial charge on any atom is 0.143 e. The van der Waals surface area contributed by atoms with Crippen LogP contribution in [0.25, 0.3) is 143 Å². The zero-order valence-electron chi connectivity index (χ0n) is 62.8. The summed E-state index contributed by atoms with van der Waals surface area (Å²) in [6.45, 7) is 0. The van der Waals surface area contributed by atoms with Gasteiger partial charge in [0.05, 0.1) is 0 Å². The lowest BCUT2D eigenvalue weighted by Gasteiger charge is -2.29. The van der Waals surface area contributed by atoms with Crippen LogP contribution in [-0.2, 0) is 0 Å². The molecule has 0 amide bonds. The van der Waals surface area contributed by atoms with Crippen LogP contribution in [0, 0.1) is 0 Å². The molecule has 0 bridgehead atoms. The van der Waals surface area contributed by atoms with Crippen LogP contribution in [0.1, 0.15) is 0 Å². The molecule has 0 fully saturated rings. The summed E-state index contributed by atoms with van der Waals surface area (Å²) in [6, 6.07) is 151. The standard InChI is InChI=1S/C108H70N4O4/c1-3-17-79(18-4-1)109(87-59-63-89(64-60-87)111(83-51-37-73(38-52-83)77-45-67-97-93-21-7-11-29-101(93)113-105(97)69-77)85-55-41-75(42-56-85)91-25-15-27-99-95-23-9-13-31-103(95)115-107(91)99)81-47-33-71(34-48-81)72-35-49-82(50-36-72)110(80-19-5-2-6-20-80)88-61-65-90(66-62-88)112(84-53-39-74(40-54-84)78-46-68-98-94-22-8-12-30-102(94)114-106(98)70-78)86-57-43-76(44-58-86)92-26-16-28-100-96-24-10-14-32-104(96)116-108(92)100/h1-70H. The molecular formula is C108H70N4O4. The Kier molecular flexibility index (Phi) is 16.4. The molecule has 0 aliphatic rings. The second kappa shape index (κ2) is 28.3. The zero-order valence-corrected chi connectivity index (χ0v) is 62.8. The molecule has 4 heterocycles. The first kappa shape index (κ1) is 67.3. The van der Waals surface area contributed by atoms with E-state index in [2.05, 4.69) is 396 Å². The van der Waals surface area contributed by atoms with E-state index >= 15 is 0 Å². The van der Waals surface area contributed by atoms with Crippen molar-refractivity contribution < 1.29 is 17.7 Å². The molecule has 22 aromatic rings. The molecule has 0 N–H and O–H groups in total. The number of hydrogen-bond donors (Lipinski definition) is 0. The largest absolute Gasteiger partial charge is 0.456 e. The Morgan fingerprint density at radius 3 is 0.638 bits per heavy atom. The normalized spacial score (nSPS) is 11.6. The van der Waals surface area contributed by atoms with Crippen LogP contribution in [-0.4, -0.2) is 0 Å². The van der Waals surface area contributed by atoms with Crippen LogP contribution in [0.2, 0.25) is 0 Å². The topological polar surface area (TPSA) is 65.5 Å². The van der Waals surface area contributed by atoms with E-state index in [1.807, 2.05) is 48.5 Å². The maximum atomic E-state index is 6.53. The van der Waals surface area contributed by atoms with Gasteiger partial charge in [0.2, 0.25) is 0 Å². The molecule has 0 unspecified atom stereocenters. The Balaban J connectivity index is 0.561. The summed E-state index contributed by atoms with van der Waals surface area (Å²) in [4.78, 5) is 9.31. The van der Waals surface area contributed by atoms with E-state index in [-0.39, 0.29) is 0 Å². The molecular weight excluding hydrogens is 1420 g/mol. The Labute approximate surface area is 669 Å². The van der Waals surface area contributed by atoms with Gasteiger partial charge >= 0.3 is 0 Å². The van der Waals surface area contributed by atoms with Crippen molar-refractivity contribution in [1.29, 1.82) is 0 Å². The van der Waals surface area contributed by atoms with Gasteiger partial charge in [0.1, 0.15) is 44.7 Å². The molecule has 4 aromatic heterocycles. The SMILES string of the molecule is c1ccc(N(c2ccc(-c3ccc(N(c4ccccc4)c4ccc(N(c5ccc(-c6ccc7c(c6)oc6ccccc67)cc5)c5ccc(-c6cccc7c6oc6ccccc67)cc5)cc4)cc3)cc2)c2ccc(N(c3ccc(-c4ccc5c(c4)oc4ccccc45)cc3)c3ccc(-c4cccc5c4oc4ccccc45)cc3)cc2)cc1. The molecule has 22 rings (SSSR count). The minimum atomic E-state index is 0.873. The molecule has 0 radical (unpaired) electrons. The average Bonchev–Trinajstić information content (AvgIpc) is 1.74. The van der Waals surface area contributed by atoms with Gasteiger partial charge in [-0.3, -0.25) is 0 Å². The molecule has 0 aliphatic heterocycles. The van der Waals surface area contributed by atoms with E-state index in [0.29, 0.717) is 0 Å². The van der Waals surface area contributed by atoms with Crippen molar-refractivity contribution in [2.45, 2.75) is 0 Å². The monoisotopic (exact) mass is 1490 g/mol. The third-order valence-corrected chi connectivity index (χ3v) is 22.7. The molecule has 0 aliphatic carbocycles. The minimum Gasteiger partial charge on any atom is -0.456 e. The van der Waals surface area contributed by atoms with Gasteiger partial charge in [-0.2, -0.15) is 0 Å². The number of benzene rings is 18. The number of nitrogens with zero attached hydrogens (tertiary/aromatic N) is 4. The molecule has 0 saturated carbocycles. The Morgan fingerprint density at radius 2 is 0.336 bits per heavy atom. The van der Waals surface area contributed by atoms with E-state index < -0.39 is 0 Å². The second-order valence-electron chi connectivity index (χ2n) is 29.5. The molecule has 8 nitrogen and oxygen atoms in total. The Morgan fingerprint density at radius 1 is 0.129 bits per heavy atom. The van der Waals surface area contributed by atoms with Crippen molar-refractivity contribution in [3.63, 3.8) is 0 Å². The van der Waals surface area contributed by atoms with Gasteiger partial charge in [0.15, 0.2) is 0 Å². The number of anilines is 12. The number of rotatable bonds is 17. The van der Waals surface area contributed by atoms with Crippen molar-refractivity contribution in [1.82, 2.24) is 0 Å². The first-order valence-corrected chi connectivity index (χ1v) is 39.2. The second-order valence-corrected chi connectivity index (χ2v) is 29.5. The third kappa shape index (κ3) is 12.0. The van der Waals surface area contributed by atoms with Crippen LogP contribution in [0.4, 0.5) is 68.2 Å². The fourth-order valence-corrected chi connectivity index (χ4v) is 17.0. The Bertz CT molecular complexity index is 6950. The highest BCUT2D eigenvalue weighted by Crippen LogP contribution is 2.47. The lowest BCUT2D eigenvalue weighted by atomic mass is 10.0. The maximum absolute atomic E-state index is 6.53. The van der Waals surface area contributed by atoms with Gasteiger partial charge in [0.25, 0.3) is 0 Å². The summed E-state index contributed by atoms with van der Waals surface area (Å²) in [5.74, 6) is 0. The summed E-state index contributed by atoms with van der Waals surface area (Å²) in [5.41, 5.74) is 30.2. The van der Waals surface area contributed by atoms with Gasteiger partial charge in [-0.25, -0.2) is 0 Å². The number of fused-ring (bicyclic) bond motifs is 12. The quantitative estimate of drug-likeness (QED) is 0.0894. The van der Waals surface area contributed by atoms with Crippen LogP contribution in [0.15, 0.2) is 442 Å². The van der Waals surface area contributed by atoms with Crippen molar-refractivity contribution in [2.24, 2.45) is 0 Å². The van der Waals surface area contributed by atoms with Gasteiger partial charge in [-0.05, 0) is 239 Å². The molecule has 8 heteroatoms. The van der Waals surface area contributed by atoms with E-state index in [9.17, 15) is 0 Å². The van der Waals surface area contributed by atoms with Crippen LogP contribution >= 0.6 is 0 Å². The van der Waals surface area contributed by atoms with Gasteiger partial charge < -0.3 is 37.3 Å². The number of para-hydroxylation sites is 8. The fraction of sp³-hybridized carbons (Fsp3) is 0. The molecule has 0 atom stereocenters. The highest BCUT2D eigenvalue weighted by Gasteiger charge is 2.23. The summed E-state index contributed by atoms with van der Waals surface area (Å²) in [5, 5.41) is 8.90. The van der Waals surface area contributed by atoms with E-state index in [1.165, 1.54) is 0 Å². The van der Waals surface area contributed by atoms with Crippen molar-refractivity contribution in [3.8, 4) is 55.6 Å². The minimum absolute atomic E-state index is 0.873. The van der Waals surface area contributed by atoms with E-state index in [1.54, 1.807) is 0 Å². The molecule has 116 heavy (non-hydrogen) atoms. The van der Waals surface area contributed by atoms with Crippen molar-refractivity contribution in [2.75, 3.05) is 19.6 Å². The highest BCUT2D eigenvalue weighted by atomic mass is 16.3. The predicted octanol–water partition coefficient (Wildman–Crippen LogP) is 31.5. The van der Waals surface area contributed by atoms with Crippen LogP contribution in [0.5, 0.6) is 0 Å². The summed E-state index contributed by atoms with van der Waals surface area (Å²) in [6.07, 6.45) is 0. The molecule has 0 spiro atoms. The average molecular weight is 1490 g/mol. The fourth-order valence-electron chi connectivity index (χ4n) is 17.0. The third-order valence-electron chi connectivity index (χ3n) is 22.7. The zero-order chi connectivity index (χ0) is 76.6. The summed E-state index contributed by atoms with van der Waals surface area (Å²) in [7, 11) is 0. The van der Waals surface area contributed by atoms with Crippen molar-refractivity contribution in [3.05, 3.63) is 425 Å². The highest BCUT2D eigenvalue weighted by molar-refractivity contribution is 6.12. The Hall–Kier alpha value is -15.6. The predicted molar refractivity (Wildman–Crippen MR) is 481 cm³/mol. The number of hydrogen-bond acceptors (Lipinski definition) is 8.